The first-order valence-electron chi connectivity index (χ1n) is 6.13. The van der Waals surface area contributed by atoms with Crippen LogP contribution >= 0.6 is 0 Å². The molecule has 0 aliphatic heterocycles. The molecule has 0 bridgehead atoms. The molecule has 1 aromatic heterocycles. The quantitative estimate of drug-likeness (QED) is 0.930. The summed E-state index contributed by atoms with van der Waals surface area (Å²) in [6, 6.07) is 4.86. The molecule has 0 radical (unpaired) electrons. The molecular formula is C12H13F3N4O2S. The van der Waals surface area contributed by atoms with Crippen molar-refractivity contribution in [2.45, 2.75) is 31.5 Å². The molecule has 10 heteroatoms. The van der Waals surface area contributed by atoms with E-state index in [9.17, 15) is 21.6 Å². The normalized spacial score (nSPS) is 12.4. The molecule has 2 aromatic rings. The highest BCUT2D eigenvalue weighted by atomic mass is 32.2. The van der Waals surface area contributed by atoms with E-state index in [-0.39, 0.29) is 4.90 Å². The second-order valence-corrected chi connectivity index (χ2v) is 6.41. The predicted molar refractivity (Wildman–Crippen MR) is 72.8 cm³/mol. The number of benzene rings is 1. The summed E-state index contributed by atoms with van der Waals surface area (Å²) in [5, 5.41) is 3.45. The van der Waals surface area contributed by atoms with Gasteiger partial charge in [0.05, 0.1) is 4.90 Å². The molecule has 0 unspecified atom stereocenters. The third kappa shape index (κ3) is 3.97. The van der Waals surface area contributed by atoms with Crippen molar-refractivity contribution >= 4 is 16.0 Å². The molecule has 120 valence electrons. The van der Waals surface area contributed by atoms with Crippen LogP contribution in [0.1, 0.15) is 11.1 Å². The molecular weight excluding hydrogens is 321 g/mol. The van der Waals surface area contributed by atoms with Crippen molar-refractivity contribution in [1.82, 2.24) is 14.8 Å². The lowest BCUT2D eigenvalue weighted by molar-refractivity contribution is -0.142. The average Bonchev–Trinajstić information content (AvgIpc) is 2.76. The molecule has 22 heavy (non-hydrogen) atoms. The summed E-state index contributed by atoms with van der Waals surface area (Å²) in [5.41, 5.74) is 1.24. The largest absolute Gasteiger partial charge is 0.408 e. The van der Waals surface area contributed by atoms with Crippen LogP contribution in [0.25, 0.3) is 0 Å². The number of hydrogen-bond acceptors (Lipinski definition) is 4. The Morgan fingerprint density at radius 1 is 1.27 bits per heavy atom. The number of sulfonamides is 1. The Kier molecular flexibility index (Phi) is 4.14. The van der Waals surface area contributed by atoms with Gasteiger partial charge in [-0.2, -0.15) is 18.2 Å². The Hall–Kier alpha value is -2.10. The van der Waals surface area contributed by atoms with Crippen LogP contribution in [0.3, 0.4) is 0 Å². The summed E-state index contributed by atoms with van der Waals surface area (Å²) in [7, 11) is -3.97. The molecule has 1 heterocycles. The highest BCUT2D eigenvalue weighted by Crippen LogP contribution is 2.20. The molecule has 0 spiro atoms. The Bertz CT molecular complexity index is 784. The van der Waals surface area contributed by atoms with Gasteiger partial charge in [-0.15, -0.1) is 5.10 Å². The minimum absolute atomic E-state index is 0.0275. The van der Waals surface area contributed by atoms with E-state index >= 15 is 0 Å². The van der Waals surface area contributed by atoms with Gasteiger partial charge in [0, 0.05) is 0 Å². The number of nitrogens with one attached hydrogen (secondary N) is 1. The van der Waals surface area contributed by atoms with Crippen molar-refractivity contribution < 1.29 is 21.6 Å². The molecule has 0 aliphatic rings. The average molecular weight is 334 g/mol. The zero-order chi connectivity index (χ0) is 16.5. The number of anilines is 1. The second-order valence-electron chi connectivity index (χ2n) is 4.76. The lowest BCUT2D eigenvalue weighted by atomic mass is 10.2. The number of aromatic nitrogens is 3. The zero-order valence-corrected chi connectivity index (χ0v) is 12.5. The van der Waals surface area contributed by atoms with E-state index in [1.165, 1.54) is 6.07 Å². The lowest BCUT2D eigenvalue weighted by Crippen LogP contribution is -2.19. The Balaban J connectivity index is 2.24. The van der Waals surface area contributed by atoms with Crippen LogP contribution in [0.2, 0.25) is 0 Å². The van der Waals surface area contributed by atoms with Crippen LogP contribution in [0.5, 0.6) is 0 Å². The molecule has 2 rings (SSSR count). The van der Waals surface area contributed by atoms with Gasteiger partial charge in [0.1, 0.15) is 12.9 Å². The fourth-order valence-corrected chi connectivity index (χ4v) is 3.05. The smallest absolute Gasteiger partial charge is 0.246 e. The van der Waals surface area contributed by atoms with E-state index in [4.69, 9.17) is 0 Å². The molecule has 0 saturated carbocycles. The van der Waals surface area contributed by atoms with Crippen molar-refractivity contribution in [3.63, 3.8) is 0 Å². The number of hydrogen-bond donors (Lipinski definition) is 1. The van der Waals surface area contributed by atoms with Crippen LogP contribution < -0.4 is 4.72 Å². The molecule has 0 fully saturated rings. The van der Waals surface area contributed by atoms with Crippen LogP contribution in [-0.2, 0) is 16.6 Å². The molecule has 0 amide bonds. The summed E-state index contributed by atoms with van der Waals surface area (Å²) in [6.45, 7) is 2.00. The van der Waals surface area contributed by atoms with Gasteiger partial charge >= 0.3 is 6.18 Å². The molecule has 0 saturated heterocycles. The fourth-order valence-electron chi connectivity index (χ4n) is 1.77. The zero-order valence-electron chi connectivity index (χ0n) is 11.7. The van der Waals surface area contributed by atoms with E-state index in [0.29, 0.717) is 10.2 Å². The van der Waals surface area contributed by atoms with Gasteiger partial charge < -0.3 is 0 Å². The van der Waals surface area contributed by atoms with Crippen LogP contribution in [0.4, 0.5) is 19.1 Å². The minimum Gasteiger partial charge on any atom is -0.246 e. The number of halogens is 3. The van der Waals surface area contributed by atoms with Crippen LogP contribution in [0.15, 0.2) is 29.4 Å². The van der Waals surface area contributed by atoms with E-state index in [1.54, 1.807) is 26.0 Å². The van der Waals surface area contributed by atoms with Crippen molar-refractivity contribution in [2.75, 3.05) is 4.72 Å². The second kappa shape index (κ2) is 5.59. The third-order valence-electron chi connectivity index (χ3n) is 2.74. The van der Waals surface area contributed by atoms with Gasteiger partial charge in [0.15, 0.2) is 0 Å². The number of aryl methyl sites for hydroxylation is 2. The van der Waals surface area contributed by atoms with Crippen LogP contribution in [0, 0.1) is 13.8 Å². The van der Waals surface area contributed by atoms with E-state index in [2.05, 4.69) is 14.8 Å². The highest BCUT2D eigenvalue weighted by molar-refractivity contribution is 7.92. The molecule has 1 aromatic carbocycles. The maximum Gasteiger partial charge on any atom is 0.408 e. The van der Waals surface area contributed by atoms with Crippen LogP contribution in [-0.4, -0.2) is 29.4 Å². The summed E-state index contributed by atoms with van der Waals surface area (Å²) < 4.78 is 63.7. The Morgan fingerprint density at radius 2 is 1.95 bits per heavy atom. The molecule has 0 atom stereocenters. The van der Waals surface area contributed by atoms with E-state index in [0.717, 1.165) is 11.9 Å². The van der Waals surface area contributed by atoms with E-state index < -0.39 is 28.7 Å². The van der Waals surface area contributed by atoms with Gasteiger partial charge in [0.25, 0.3) is 16.0 Å². The van der Waals surface area contributed by atoms with Gasteiger partial charge in [-0.3, -0.25) is 0 Å². The van der Waals surface area contributed by atoms with Crippen molar-refractivity contribution in [3.8, 4) is 0 Å². The monoisotopic (exact) mass is 334 g/mol. The van der Waals surface area contributed by atoms with Crippen molar-refractivity contribution in [2.24, 2.45) is 0 Å². The highest BCUT2D eigenvalue weighted by Gasteiger charge is 2.29. The first kappa shape index (κ1) is 16.3. The van der Waals surface area contributed by atoms with Gasteiger partial charge in [-0.25, -0.2) is 17.8 Å². The first-order chi connectivity index (χ1) is 10.1. The van der Waals surface area contributed by atoms with Gasteiger partial charge in [0.2, 0.25) is 0 Å². The summed E-state index contributed by atoms with van der Waals surface area (Å²) in [5.74, 6) is -0.412. The number of nitrogens with zero attached hydrogens (tertiary/aromatic N) is 3. The van der Waals surface area contributed by atoms with Crippen molar-refractivity contribution in [3.05, 3.63) is 35.7 Å². The fraction of sp³-hybridized carbons (Fsp3) is 0.333. The Labute approximate surface area is 125 Å². The summed E-state index contributed by atoms with van der Waals surface area (Å²) in [6.07, 6.45) is -3.65. The third-order valence-corrected chi connectivity index (χ3v) is 4.21. The van der Waals surface area contributed by atoms with Gasteiger partial charge in [-0.05, 0) is 31.0 Å². The van der Waals surface area contributed by atoms with Crippen molar-refractivity contribution in [1.29, 1.82) is 0 Å². The molecule has 0 aliphatic carbocycles. The maximum absolute atomic E-state index is 12.2. The SMILES string of the molecule is Cc1ccc(C)c(S(=O)(=O)Nc2ncn(CC(F)(F)F)n2)c1. The maximum atomic E-state index is 12.2. The van der Waals surface area contributed by atoms with Gasteiger partial charge in [-0.1, -0.05) is 12.1 Å². The number of alkyl halides is 3. The first-order valence-corrected chi connectivity index (χ1v) is 7.61. The summed E-state index contributed by atoms with van der Waals surface area (Å²) in [4.78, 5) is 3.55. The number of rotatable bonds is 4. The molecule has 1 N–H and O–H groups in total. The topological polar surface area (TPSA) is 76.9 Å². The summed E-state index contributed by atoms with van der Waals surface area (Å²) >= 11 is 0. The minimum atomic E-state index is -4.46. The van der Waals surface area contributed by atoms with E-state index in [1.807, 2.05) is 0 Å². The standard InChI is InChI=1S/C12H13F3N4O2S/c1-8-3-4-9(2)10(5-8)22(20,21)18-11-16-7-19(17-11)6-12(13,14)15/h3-5,7H,6H2,1-2H3,(H,17,18). The lowest BCUT2D eigenvalue weighted by Gasteiger charge is -2.08. The molecule has 6 nitrogen and oxygen atoms in total. The Morgan fingerprint density at radius 3 is 2.59 bits per heavy atom. The predicted octanol–water partition coefficient (Wildman–Crippen LogP) is 2.26.